The van der Waals surface area contributed by atoms with Gasteiger partial charge in [0.05, 0.1) is 36.7 Å². The zero-order valence-corrected chi connectivity index (χ0v) is 17.8. The quantitative estimate of drug-likeness (QED) is 0.621. The average Bonchev–Trinajstić information content (AvgIpc) is 3.18. The molecule has 0 bridgehead atoms. The van der Waals surface area contributed by atoms with Crippen LogP contribution >= 0.6 is 11.6 Å². The van der Waals surface area contributed by atoms with Crippen LogP contribution in [0.4, 0.5) is 15.8 Å². The molecule has 160 valence electrons. The van der Waals surface area contributed by atoms with Gasteiger partial charge in [0.15, 0.2) is 11.5 Å². The molecule has 1 saturated heterocycles. The van der Waals surface area contributed by atoms with Gasteiger partial charge < -0.3 is 29.8 Å². The van der Waals surface area contributed by atoms with Gasteiger partial charge in [0.2, 0.25) is 0 Å². The van der Waals surface area contributed by atoms with Crippen molar-refractivity contribution in [1.29, 1.82) is 0 Å². The van der Waals surface area contributed by atoms with Crippen LogP contribution < -0.4 is 20.7 Å². The van der Waals surface area contributed by atoms with Crippen molar-refractivity contribution >= 4 is 28.6 Å². The highest BCUT2D eigenvalue weighted by Crippen LogP contribution is 2.36. The Morgan fingerprint density at radius 3 is 2.77 bits per heavy atom. The minimum absolute atomic E-state index is 0.260. The molecule has 0 saturated carbocycles. The molecular formula is C21H25ClFN5O2. The van der Waals surface area contributed by atoms with Crippen LogP contribution in [-0.4, -0.2) is 55.9 Å². The van der Waals surface area contributed by atoms with Crippen LogP contribution in [0.15, 0.2) is 24.5 Å². The number of benzene rings is 1. The highest BCUT2D eigenvalue weighted by Gasteiger charge is 2.23. The van der Waals surface area contributed by atoms with Crippen molar-refractivity contribution in [2.75, 3.05) is 56.7 Å². The molecule has 1 aliphatic heterocycles. The number of nitrogens with one attached hydrogen (secondary N) is 1. The Labute approximate surface area is 179 Å². The molecule has 1 fully saturated rings. The second-order valence-corrected chi connectivity index (χ2v) is 7.59. The topological polar surface area (TPSA) is 77.0 Å². The molecule has 1 aliphatic rings. The Morgan fingerprint density at radius 1 is 1.30 bits per heavy atom. The summed E-state index contributed by atoms with van der Waals surface area (Å²) in [5, 5.41) is 3.73. The minimum atomic E-state index is -0.373. The van der Waals surface area contributed by atoms with Gasteiger partial charge in [0.1, 0.15) is 11.4 Å². The monoisotopic (exact) mass is 433 g/mol. The molecule has 30 heavy (non-hydrogen) atoms. The average molecular weight is 434 g/mol. The van der Waals surface area contributed by atoms with Gasteiger partial charge in [-0.1, -0.05) is 11.6 Å². The van der Waals surface area contributed by atoms with Crippen molar-refractivity contribution in [3.63, 3.8) is 0 Å². The van der Waals surface area contributed by atoms with Crippen molar-refractivity contribution in [1.82, 2.24) is 9.38 Å². The van der Waals surface area contributed by atoms with E-state index in [9.17, 15) is 0 Å². The Balaban J connectivity index is 1.84. The Morgan fingerprint density at radius 2 is 2.07 bits per heavy atom. The molecule has 3 aromatic rings. The van der Waals surface area contributed by atoms with Gasteiger partial charge in [0.25, 0.3) is 0 Å². The van der Waals surface area contributed by atoms with E-state index in [1.165, 1.54) is 0 Å². The summed E-state index contributed by atoms with van der Waals surface area (Å²) in [6.07, 6.45) is 3.66. The fraction of sp³-hybridized carbons (Fsp3) is 0.381. The summed E-state index contributed by atoms with van der Waals surface area (Å²) in [6.45, 7) is 5.28. The van der Waals surface area contributed by atoms with Gasteiger partial charge in [-0.25, -0.2) is 9.37 Å². The van der Waals surface area contributed by atoms with Crippen LogP contribution in [0, 0.1) is 12.7 Å². The standard InChI is InChI=1S/C21H25ClFN5O2/c1-13-9-18(29-2)15(22)10-14(13)16-11-28-12-17(25-4-3-24)20(19(23)21(28)26-16)27-5-7-30-8-6-27/h9-12,25H,3-8,24H2,1-2H3. The highest BCUT2D eigenvalue weighted by molar-refractivity contribution is 6.32. The summed E-state index contributed by atoms with van der Waals surface area (Å²) in [5.41, 5.74) is 9.51. The molecule has 3 N–H and O–H groups in total. The predicted molar refractivity (Wildman–Crippen MR) is 117 cm³/mol. The van der Waals surface area contributed by atoms with E-state index >= 15 is 4.39 Å². The molecule has 9 heteroatoms. The lowest BCUT2D eigenvalue weighted by Crippen LogP contribution is -2.37. The molecule has 4 rings (SSSR count). The number of hydrogen-bond donors (Lipinski definition) is 2. The van der Waals surface area contributed by atoms with Crippen molar-refractivity contribution in [3.8, 4) is 17.0 Å². The summed E-state index contributed by atoms with van der Waals surface area (Å²) in [6, 6.07) is 3.65. The fourth-order valence-electron chi connectivity index (χ4n) is 3.73. The smallest absolute Gasteiger partial charge is 0.191 e. The normalized spacial score (nSPS) is 14.4. The van der Waals surface area contributed by atoms with Crippen LogP contribution in [0.2, 0.25) is 5.02 Å². The van der Waals surface area contributed by atoms with E-state index in [1.807, 2.05) is 24.1 Å². The first-order valence-electron chi connectivity index (χ1n) is 9.85. The number of halogens is 2. The lowest BCUT2D eigenvalue weighted by Gasteiger charge is -2.31. The van der Waals surface area contributed by atoms with Gasteiger partial charge in [-0.15, -0.1) is 0 Å². The molecule has 2 aromatic heterocycles. The van der Waals surface area contributed by atoms with E-state index < -0.39 is 0 Å². The highest BCUT2D eigenvalue weighted by atomic mass is 35.5. The molecule has 0 unspecified atom stereocenters. The largest absolute Gasteiger partial charge is 0.495 e. The van der Waals surface area contributed by atoms with Crippen molar-refractivity contribution in [2.45, 2.75) is 6.92 Å². The third kappa shape index (κ3) is 3.78. The maximum absolute atomic E-state index is 15.7. The number of aryl methyl sites for hydroxylation is 1. The SMILES string of the molecule is COc1cc(C)c(-c2cn3cc(NCCN)c(N4CCOCC4)c(F)c3n2)cc1Cl. The van der Waals surface area contributed by atoms with Crippen LogP contribution in [0.25, 0.3) is 16.9 Å². The molecule has 0 aliphatic carbocycles. The number of fused-ring (bicyclic) bond motifs is 1. The lowest BCUT2D eigenvalue weighted by atomic mass is 10.1. The maximum atomic E-state index is 15.7. The third-order valence-corrected chi connectivity index (χ3v) is 5.52. The zero-order chi connectivity index (χ0) is 21.3. The van der Waals surface area contributed by atoms with Crippen LogP contribution in [0.3, 0.4) is 0 Å². The van der Waals surface area contributed by atoms with E-state index in [4.69, 9.17) is 26.8 Å². The molecule has 0 radical (unpaired) electrons. The van der Waals surface area contributed by atoms with Crippen LogP contribution in [-0.2, 0) is 4.74 Å². The second kappa shape index (κ2) is 8.67. The van der Waals surface area contributed by atoms with E-state index in [0.29, 0.717) is 67.2 Å². The van der Waals surface area contributed by atoms with Gasteiger partial charge in [-0.3, -0.25) is 0 Å². The van der Waals surface area contributed by atoms with E-state index in [0.717, 1.165) is 11.1 Å². The lowest BCUT2D eigenvalue weighted by molar-refractivity contribution is 0.122. The molecule has 0 atom stereocenters. The number of ether oxygens (including phenoxy) is 2. The number of imidazole rings is 1. The van der Waals surface area contributed by atoms with E-state index in [2.05, 4.69) is 10.3 Å². The molecule has 7 nitrogen and oxygen atoms in total. The number of rotatable bonds is 6. The Bertz CT molecular complexity index is 1070. The van der Waals surface area contributed by atoms with Gasteiger partial charge in [-0.2, -0.15) is 0 Å². The summed E-state index contributed by atoms with van der Waals surface area (Å²) in [7, 11) is 1.57. The van der Waals surface area contributed by atoms with Crippen molar-refractivity contribution in [3.05, 3.63) is 40.9 Å². The zero-order valence-electron chi connectivity index (χ0n) is 17.0. The van der Waals surface area contributed by atoms with Gasteiger partial charge in [0, 0.05) is 44.1 Å². The van der Waals surface area contributed by atoms with Gasteiger partial charge >= 0.3 is 0 Å². The van der Waals surface area contributed by atoms with E-state index in [1.54, 1.807) is 23.8 Å². The van der Waals surface area contributed by atoms with Crippen molar-refractivity contribution in [2.24, 2.45) is 5.73 Å². The Kier molecular flexibility index (Phi) is 5.99. The number of pyridine rings is 1. The fourth-order valence-corrected chi connectivity index (χ4v) is 3.97. The second-order valence-electron chi connectivity index (χ2n) is 7.18. The summed E-state index contributed by atoms with van der Waals surface area (Å²) >= 11 is 6.32. The number of hydrogen-bond acceptors (Lipinski definition) is 6. The van der Waals surface area contributed by atoms with Crippen LogP contribution in [0.1, 0.15) is 5.56 Å². The Hall–Kier alpha value is -2.55. The first-order valence-corrected chi connectivity index (χ1v) is 10.2. The maximum Gasteiger partial charge on any atom is 0.191 e. The van der Waals surface area contributed by atoms with E-state index in [-0.39, 0.29) is 11.5 Å². The summed E-state index contributed by atoms with van der Waals surface area (Å²) < 4.78 is 28.1. The number of aromatic nitrogens is 2. The molecule has 0 spiro atoms. The molecule has 3 heterocycles. The third-order valence-electron chi connectivity index (χ3n) is 5.22. The molecular weight excluding hydrogens is 409 g/mol. The first kappa shape index (κ1) is 20.7. The number of nitrogens with two attached hydrogens (primary N) is 1. The summed E-state index contributed by atoms with van der Waals surface area (Å²) in [4.78, 5) is 6.58. The number of nitrogens with zero attached hydrogens (tertiary/aromatic N) is 3. The number of anilines is 2. The number of methoxy groups -OCH3 is 1. The molecule has 1 aromatic carbocycles. The van der Waals surface area contributed by atoms with Crippen molar-refractivity contribution < 1.29 is 13.9 Å². The molecule has 0 amide bonds. The predicted octanol–water partition coefficient (Wildman–Crippen LogP) is 3.32. The summed E-state index contributed by atoms with van der Waals surface area (Å²) in [5.74, 6) is 0.221. The number of morpholine rings is 1. The minimum Gasteiger partial charge on any atom is -0.495 e. The van der Waals surface area contributed by atoms with Crippen LogP contribution in [0.5, 0.6) is 5.75 Å². The first-order chi connectivity index (χ1) is 14.5. The van der Waals surface area contributed by atoms with Gasteiger partial charge in [-0.05, 0) is 24.6 Å².